The number of fused-ring (bicyclic) bond motifs is 1. The van der Waals surface area contributed by atoms with Gasteiger partial charge in [0.2, 0.25) is 0 Å². The molecule has 2 nitrogen and oxygen atoms in total. The second-order valence-corrected chi connectivity index (χ2v) is 4.65. The maximum absolute atomic E-state index is 9.78. The Balaban J connectivity index is 2.80. The van der Waals surface area contributed by atoms with E-state index in [1.54, 1.807) is 6.07 Å². The van der Waals surface area contributed by atoms with Gasteiger partial charge in [0.1, 0.15) is 5.75 Å². The van der Waals surface area contributed by atoms with Gasteiger partial charge in [-0.2, -0.15) is 0 Å². The zero-order chi connectivity index (χ0) is 10.3. The predicted molar refractivity (Wildman–Crippen MR) is 58.7 cm³/mol. The standard InChI is InChI=1S/C12H15NO/c1-12(2,3)8-7-13-9-5-4-6-10(14)11(8)9/h4-7,13-14H,1-3H3. The summed E-state index contributed by atoms with van der Waals surface area (Å²) in [4.78, 5) is 3.18. The van der Waals surface area contributed by atoms with Gasteiger partial charge in [-0.05, 0) is 23.1 Å². The van der Waals surface area contributed by atoms with E-state index < -0.39 is 0 Å². The molecule has 14 heavy (non-hydrogen) atoms. The van der Waals surface area contributed by atoms with Crippen molar-refractivity contribution in [3.63, 3.8) is 0 Å². The van der Waals surface area contributed by atoms with Crippen molar-refractivity contribution in [1.29, 1.82) is 0 Å². The van der Waals surface area contributed by atoms with Crippen LogP contribution in [0, 0.1) is 0 Å². The fourth-order valence-corrected chi connectivity index (χ4v) is 1.76. The molecule has 2 heteroatoms. The molecule has 0 amide bonds. The number of aromatic amines is 1. The fourth-order valence-electron chi connectivity index (χ4n) is 1.76. The van der Waals surface area contributed by atoms with Crippen LogP contribution in [-0.2, 0) is 5.41 Å². The summed E-state index contributed by atoms with van der Waals surface area (Å²) in [7, 11) is 0. The first kappa shape index (κ1) is 9.13. The molecule has 1 aromatic carbocycles. The molecule has 2 rings (SSSR count). The number of H-pyrrole nitrogens is 1. The normalized spacial score (nSPS) is 12.2. The van der Waals surface area contributed by atoms with Crippen molar-refractivity contribution in [2.45, 2.75) is 26.2 Å². The monoisotopic (exact) mass is 189 g/mol. The molecule has 0 aliphatic heterocycles. The fraction of sp³-hybridized carbons (Fsp3) is 0.333. The Labute approximate surface area is 83.6 Å². The molecule has 1 heterocycles. The Morgan fingerprint density at radius 2 is 1.93 bits per heavy atom. The Kier molecular flexibility index (Phi) is 1.81. The Morgan fingerprint density at radius 1 is 1.21 bits per heavy atom. The van der Waals surface area contributed by atoms with Crippen molar-refractivity contribution in [3.8, 4) is 5.75 Å². The highest BCUT2D eigenvalue weighted by Crippen LogP contribution is 2.34. The Hall–Kier alpha value is -1.44. The molecule has 0 unspecified atom stereocenters. The molecule has 0 fully saturated rings. The largest absolute Gasteiger partial charge is 0.507 e. The third-order valence-electron chi connectivity index (χ3n) is 2.49. The van der Waals surface area contributed by atoms with Gasteiger partial charge in [0.05, 0.1) is 0 Å². The van der Waals surface area contributed by atoms with Gasteiger partial charge in [-0.3, -0.25) is 0 Å². The summed E-state index contributed by atoms with van der Waals surface area (Å²) in [5.41, 5.74) is 2.21. The second-order valence-electron chi connectivity index (χ2n) is 4.65. The summed E-state index contributed by atoms with van der Waals surface area (Å²) in [6, 6.07) is 5.55. The summed E-state index contributed by atoms with van der Waals surface area (Å²) in [6.07, 6.45) is 1.98. The van der Waals surface area contributed by atoms with E-state index in [4.69, 9.17) is 0 Å². The SMILES string of the molecule is CC(C)(C)c1c[nH]c2cccc(O)c12. The van der Waals surface area contributed by atoms with Crippen molar-refractivity contribution in [1.82, 2.24) is 4.98 Å². The van der Waals surface area contributed by atoms with Crippen LogP contribution in [0.5, 0.6) is 5.75 Å². The third kappa shape index (κ3) is 1.27. The lowest BCUT2D eigenvalue weighted by molar-refractivity contribution is 0.479. The van der Waals surface area contributed by atoms with Crippen molar-refractivity contribution < 1.29 is 5.11 Å². The lowest BCUT2D eigenvalue weighted by Gasteiger charge is -2.17. The molecule has 2 aromatic rings. The molecule has 0 bridgehead atoms. The van der Waals surface area contributed by atoms with Gasteiger partial charge in [-0.1, -0.05) is 26.8 Å². The van der Waals surface area contributed by atoms with Gasteiger partial charge < -0.3 is 10.1 Å². The van der Waals surface area contributed by atoms with Crippen LogP contribution in [0.4, 0.5) is 0 Å². The zero-order valence-electron chi connectivity index (χ0n) is 8.76. The van der Waals surface area contributed by atoms with Gasteiger partial charge in [-0.15, -0.1) is 0 Å². The van der Waals surface area contributed by atoms with Crippen molar-refractivity contribution in [2.24, 2.45) is 0 Å². The zero-order valence-corrected chi connectivity index (χ0v) is 8.76. The topological polar surface area (TPSA) is 36.0 Å². The molecule has 1 aromatic heterocycles. The predicted octanol–water partition coefficient (Wildman–Crippen LogP) is 3.17. The number of hydrogen-bond acceptors (Lipinski definition) is 1. The van der Waals surface area contributed by atoms with E-state index in [0.717, 1.165) is 16.5 Å². The summed E-state index contributed by atoms with van der Waals surface area (Å²) in [5.74, 6) is 0.355. The molecule has 0 aliphatic carbocycles. The first-order valence-corrected chi connectivity index (χ1v) is 4.79. The van der Waals surface area contributed by atoms with Gasteiger partial charge in [0.15, 0.2) is 0 Å². The van der Waals surface area contributed by atoms with Gasteiger partial charge >= 0.3 is 0 Å². The molecule has 0 saturated heterocycles. The number of phenols is 1. The van der Waals surface area contributed by atoms with Crippen LogP contribution in [0.15, 0.2) is 24.4 Å². The molecule has 0 spiro atoms. The van der Waals surface area contributed by atoms with Gasteiger partial charge in [0, 0.05) is 17.1 Å². The molecule has 2 N–H and O–H groups in total. The summed E-state index contributed by atoms with van der Waals surface area (Å²) in [5, 5.41) is 10.7. The second kappa shape index (κ2) is 2.77. The highest BCUT2D eigenvalue weighted by atomic mass is 16.3. The van der Waals surface area contributed by atoms with Crippen LogP contribution in [0.25, 0.3) is 10.9 Å². The molecule has 0 radical (unpaired) electrons. The average molecular weight is 189 g/mol. The van der Waals surface area contributed by atoms with Gasteiger partial charge in [-0.25, -0.2) is 0 Å². The van der Waals surface area contributed by atoms with Crippen molar-refractivity contribution in [2.75, 3.05) is 0 Å². The van der Waals surface area contributed by atoms with Crippen molar-refractivity contribution in [3.05, 3.63) is 30.0 Å². The molecule has 0 saturated carbocycles. The number of aromatic nitrogens is 1. The molecule has 74 valence electrons. The third-order valence-corrected chi connectivity index (χ3v) is 2.49. The molecule has 0 aliphatic rings. The number of rotatable bonds is 0. The lowest BCUT2D eigenvalue weighted by atomic mass is 9.87. The number of hydrogen-bond donors (Lipinski definition) is 2. The van der Waals surface area contributed by atoms with E-state index in [2.05, 4.69) is 25.8 Å². The van der Waals surface area contributed by atoms with Crippen LogP contribution in [-0.4, -0.2) is 10.1 Å². The first-order chi connectivity index (χ1) is 6.50. The number of phenolic OH excluding ortho intramolecular Hbond substituents is 1. The quantitative estimate of drug-likeness (QED) is 0.656. The number of benzene rings is 1. The minimum Gasteiger partial charge on any atom is -0.507 e. The highest BCUT2D eigenvalue weighted by Gasteiger charge is 2.19. The van der Waals surface area contributed by atoms with Crippen LogP contribution in [0.2, 0.25) is 0 Å². The number of nitrogens with one attached hydrogen (secondary N) is 1. The highest BCUT2D eigenvalue weighted by molar-refractivity contribution is 5.89. The number of aromatic hydroxyl groups is 1. The maximum atomic E-state index is 9.78. The van der Waals surface area contributed by atoms with Crippen molar-refractivity contribution >= 4 is 10.9 Å². The van der Waals surface area contributed by atoms with Crippen LogP contribution >= 0.6 is 0 Å². The minimum absolute atomic E-state index is 0.0527. The molecule has 0 atom stereocenters. The molecular weight excluding hydrogens is 174 g/mol. The smallest absolute Gasteiger partial charge is 0.125 e. The van der Waals surface area contributed by atoms with E-state index >= 15 is 0 Å². The van der Waals surface area contributed by atoms with E-state index in [1.807, 2.05) is 18.3 Å². The summed E-state index contributed by atoms with van der Waals surface area (Å²) < 4.78 is 0. The maximum Gasteiger partial charge on any atom is 0.125 e. The minimum atomic E-state index is 0.0527. The van der Waals surface area contributed by atoms with Gasteiger partial charge in [0.25, 0.3) is 0 Å². The van der Waals surface area contributed by atoms with E-state index in [9.17, 15) is 5.11 Å². The summed E-state index contributed by atoms with van der Waals surface area (Å²) >= 11 is 0. The van der Waals surface area contributed by atoms with Crippen LogP contribution < -0.4 is 0 Å². The van der Waals surface area contributed by atoms with E-state index in [0.29, 0.717) is 5.75 Å². The van der Waals surface area contributed by atoms with Crippen LogP contribution in [0.3, 0.4) is 0 Å². The van der Waals surface area contributed by atoms with E-state index in [-0.39, 0.29) is 5.41 Å². The van der Waals surface area contributed by atoms with E-state index in [1.165, 1.54) is 0 Å². The molecular formula is C12H15NO. The average Bonchev–Trinajstić information content (AvgIpc) is 2.47. The summed E-state index contributed by atoms with van der Waals surface area (Å²) in [6.45, 7) is 6.42. The van der Waals surface area contributed by atoms with Crippen LogP contribution in [0.1, 0.15) is 26.3 Å². The first-order valence-electron chi connectivity index (χ1n) is 4.79. The Bertz CT molecular complexity index is 463. The lowest BCUT2D eigenvalue weighted by Crippen LogP contribution is -2.09. The Morgan fingerprint density at radius 3 is 2.57 bits per heavy atom.